The molecule has 0 aromatic heterocycles. The molecule has 3 rings (SSSR count). The van der Waals surface area contributed by atoms with E-state index >= 15 is 0 Å². The minimum absolute atomic E-state index is 0.108. The van der Waals surface area contributed by atoms with Crippen LogP contribution in [-0.4, -0.2) is 27.5 Å². The van der Waals surface area contributed by atoms with Gasteiger partial charge in [0, 0.05) is 24.5 Å². The molecule has 0 bridgehead atoms. The van der Waals surface area contributed by atoms with Gasteiger partial charge in [-0.2, -0.15) is 5.26 Å². The molecule has 0 spiro atoms. The van der Waals surface area contributed by atoms with E-state index in [9.17, 15) is 13.2 Å². The largest absolute Gasteiger partial charge is 0.336 e. The lowest BCUT2D eigenvalue weighted by Gasteiger charge is -2.15. The zero-order valence-corrected chi connectivity index (χ0v) is 14.1. The maximum atomic E-state index is 12.5. The zero-order chi connectivity index (χ0) is 17.9. The third-order valence-electron chi connectivity index (χ3n) is 3.80. The number of urea groups is 1. The van der Waals surface area contributed by atoms with Gasteiger partial charge in [-0.05, 0) is 42.0 Å². The number of amides is 2. The fraction of sp³-hybridized carbons (Fsp3) is 0.176. The van der Waals surface area contributed by atoms with Crippen molar-refractivity contribution in [3.8, 4) is 6.07 Å². The Hall–Kier alpha value is -3.05. The van der Waals surface area contributed by atoms with Gasteiger partial charge in [-0.25, -0.2) is 13.2 Å². The van der Waals surface area contributed by atoms with Crippen molar-refractivity contribution < 1.29 is 13.2 Å². The van der Waals surface area contributed by atoms with Crippen LogP contribution in [0.3, 0.4) is 0 Å². The van der Waals surface area contributed by atoms with Crippen LogP contribution in [0, 0.1) is 11.3 Å². The maximum absolute atomic E-state index is 12.5. The molecule has 8 heteroatoms. The molecule has 1 heterocycles. The van der Waals surface area contributed by atoms with E-state index in [1.54, 1.807) is 41.3 Å². The fourth-order valence-electron chi connectivity index (χ4n) is 2.52. The highest BCUT2D eigenvalue weighted by Crippen LogP contribution is 2.21. The molecule has 7 nitrogen and oxygen atoms in total. The summed E-state index contributed by atoms with van der Waals surface area (Å²) in [5.74, 6) is 0. The number of anilines is 2. The average Bonchev–Trinajstić information content (AvgIpc) is 3.03. The van der Waals surface area contributed by atoms with Crippen LogP contribution >= 0.6 is 0 Å². The van der Waals surface area contributed by atoms with Crippen molar-refractivity contribution in [3.63, 3.8) is 0 Å². The van der Waals surface area contributed by atoms with E-state index < -0.39 is 10.0 Å². The number of hydrogen-bond acceptors (Lipinski definition) is 4. The second kappa shape index (κ2) is 6.83. The number of carbonyl (C=O) groups is 1. The van der Waals surface area contributed by atoms with E-state index in [1.807, 2.05) is 6.07 Å². The molecule has 2 amide bonds. The minimum Gasteiger partial charge on any atom is -0.336 e. The minimum atomic E-state index is -3.73. The summed E-state index contributed by atoms with van der Waals surface area (Å²) >= 11 is 0. The van der Waals surface area contributed by atoms with E-state index in [0.29, 0.717) is 24.5 Å². The van der Waals surface area contributed by atoms with Gasteiger partial charge in [0.2, 0.25) is 0 Å². The summed E-state index contributed by atoms with van der Waals surface area (Å²) in [6.45, 7) is 1.13. The second-order valence-electron chi connectivity index (χ2n) is 5.51. The third-order valence-corrected chi connectivity index (χ3v) is 5.20. The Morgan fingerprint density at radius 1 is 1.12 bits per heavy atom. The first kappa shape index (κ1) is 16.8. The van der Waals surface area contributed by atoms with Crippen molar-refractivity contribution in [1.82, 2.24) is 5.32 Å². The lowest BCUT2D eigenvalue weighted by atomic mass is 10.1. The molecule has 0 unspecified atom stereocenters. The summed E-state index contributed by atoms with van der Waals surface area (Å²) in [7, 11) is -3.73. The maximum Gasteiger partial charge on any atom is 0.321 e. The number of rotatable bonds is 5. The summed E-state index contributed by atoms with van der Waals surface area (Å²) in [6, 6.07) is 14.6. The first-order chi connectivity index (χ1) is 12.0. The molecule has 0 radical (unpaired) electrons. The molecule has 1 saturated heterocycles. The van der Waals surface area contributed by atoms with Crippen molar-refractivity contribution in [2.24, 2.45) is 0 Å². The Morgan fingerprint density at radius 3 is 2.36 bits per heavy atom. The number of sulfonamides is 1. The van der Waals surface area contributed by atoms with Gasteiger partial charge in [-0.15, -0.1) is 0 Å². The van der Waals surface area contributed by atoms with Gasteiger partial charge in [-0.1, -0.05) is 12.1 Å². The van der Waals surface area contributed by atoms with Crippen molar-refractivity contribution in [1.29, 1.82) is 5.26 Å². The summed E-state index contributed by atoms with van der Waals surface area (Å²) in [5, 5.41) is 11.3. The molecule has 1 aliphatic rings. The molecule has 2 N–H and O–H groups in total. The monoisotopic (exact) mass is 356 g/mol. The van der Waals surface area contributed by atoms with Crippen molar-refractivity contribution in [2.75, 3.05) is 22.7 Å². The standard InChI is InChI=1S/C17H16N4O3S/c18-10-9-13-1-3-14(4-2-13)20-25(23,24)16-7-5-15(6-8-16)21-12-11-19-17(21)22/h1-8,20H,9,11-12H2,(H,19,22). The Bertz CT molecular complexity index is 916. The van der Waals surface area contributed by atoms with Crippen molar-refractivity contribution in [2.45, 2.75) is 11.3 Å². The smallest absolute Gasteiger partial charge is 0.321 e. The lowest BCUT2D eigenvalue weighted by molar-refractivity contribution is 0.252. The van der Waals surface area contributed by atoms with Crippen LogP contribution < -0.4 is 14.9 Å². The molecule has 2 aromatic rings. The first-order valence-electron chi connectivity index (χ1n) is 7.64. The molecular weight excluding hydrogens is 340 g/mol. The number of carbonyl (C=O) groups excluding carboxylic acids is 1. The van der Waals surface area contributed by atoms with Gasteiger partial charge in [-0.3, -0.25) is 9.62 Å². The fourth-order valence-corrected chi connectivity index (χ4v) is 3.58. The number of nitrogens with zero attached hydrogens (tertiary/aromatic N) is 2. The van der Waals surface area contributed by atoms with Crippen molar-refractivity contribution in [3.05, 3.63) is 54.1 Å². The SMILES string of the molecule is N#CCc1ccc(NS(=O)(=O)c2ccc(N3CCNC3=O)cc2)cc1. The van der Waals surface area contributed by atoms with Crippen LogP contribution in [0.4, 0.5) is 16.2 Å². The van der Waals surface area contributed by atoms with Crippen molar-refractivity contribution >= 4 is 27.4 Å². The number of nitriles is 1. The number of hydrogen-bond donors (Lipinski definition) is 2. The number of nitrogens with one attached hydrogen (secondary N) is 2. The zero-order valence-electron chi connectivity index (χ0n) is 13.3. The van der Waals surface area contributed by atoms with E-state index in [1.165, 1.54) is 12.1 Å². The van der Waals surface area contributed by atoms with Crippen LogP contribution in [0.2, 0.25) is 0 Å². The van der Waals surface area contributed by atoms with Gasteiger partial charge >= 0.3 is 6.03 Å². The predicted octanol–water partition coefficient (Wildman–Crippen LogP) is 2.08. The quantitative estimate of drug-likeness (QED) is 0.856. The first-order valence-corrected chi connectivity index (χ1v) is 9.12. The Balaban J connectivity index is 1.75. The topological polar surface area (TPSA) is 102 Å². The van der Waals surface area contributed by atoms with Crippen LogP contribution in [0.25, 0.3) is 0 Å². The van der Waals surface area contributed by atoms with E-state index in [0.717, 1.165) is 5.56 Å². The third kappa shape index (κ3) is 3.72. The van der Waals surface area contributed by atoms with Gasteiger partial charge in [0.15, 0.2) is 0 Å². The summed E-state index contributed by atoms with van der Waals surface area (Å²) in [6.07, 6.45) is 0.276. The molecule has 1 fully saturated rings. The van der Waals surface area contributed by atoms with Crippen LogP contribution in [0.5, 0.6) is 0 Å². The Morgan fingerprint density at radius 2 is 1.80 bits per heavy atom. The van der Waals surface area contributed by atoms with Gasteiger partial charge in [0.25, 0.3) is 10.0 Å². The molecule has 25 heavy (non-hydrogen) atoms. The molecule has 0 atom stereocenters. The highest BCUT2D eigenvalue weighted by Gasteiger charge is 2.22. The highest BCUT2D eigenvalue weighted by atomic mass is 32.2. The molecular formula is C17H16N4O3S. The molecule has 1 aliphatic heterocycles. The summed E-state index contributed by atoms with van der Waals surface area (Å²) in [4.78, 5) is 13.3. The van der Waals surface area contributed by atoms with Gasteiger partial charge in [0.1, 0.15) is 0 Å². The van der Waals surface area contributed by atoms with Crippen LogP contribution in [-0.2, 0) is 16.4 Å². The molecule has 128 valence electrons. The Kier molecular flexibility index (Phi) is 4.59. The predicted molar refractivity (Wildman–Crippen MR) is 93.8 cm³/mol. The van der Waals surface area contributed by atoms with E-state index in [-0.39, 0.29) is 17.3 Å². The average molecular weight is 356 g/mol. The normalized spacial score (nSPS) is 14.0. The number of benzene rings is 2. The molecule has 2 aromatic carbocycles. The van der Waals surface area contributed by atoms with Crippen LogP contribution in [0.15, 0.2) is 53.4 Å². The van der Waals surface area contributed by atoms with Gasteiger partial charge in [0.05, 0.1) is 17.4 Å². The molecule has 0 saturated carbocycles. The molecule has 0 aliphatic carbocycles. The van der Waals surface area contributed by atoms with Gasteiger partial charge < -0.3 is 5.32 Å². The van der Waals surface area contributed by atoms with Crippen LogP contribution in [0.1, 0.15) is 5.56 Å². The van der Waals surface area contributed by atoms with E-state index in [4.69, 9.17) is 5.26 Å². The summed E-state index contributed by atoms with van der Waals surface area (Å²) in [5.41, 5.74) is 1.89. The van der Waals surface area contributed by atoms with E-state index in [2.05, 4.69) is 10.0 Å². The lowest BCUT2D eigenvalue weighted by Crippen LogP contribution is -2.27. The second-order valence-corrected chi connectivity index (χ2v) is 7.20. The Labute approximate surface area is 145 Å². The summed E-state index contributed by atoms with van der Waals surface area (Å²) < 4.78 is 27.4. The highest BCUT2D eigenvalue weighted by molar-refractivity contribution is 7.92.